The third-order valence-corrected chi connectivity index (χ3v) is 4.66. The minimum Gasteiger partial charge on any atom is -0.405 e. The number of carbonyl (C=O) groups excluding carboxylic acids is 2. The minimum absolute atomic E-state index is 0.120. The van der Waals surface area contributed by atoms with Crippen LogP contribution in [0.4, 0.5) is 27.6 Å². The van der Waals surface area contributed by atoms with Gasteiger partial charge < -0.3 is 14.5 Å². The Morgan fingerprint density at radius 3 is 2.57 bits per heavy atom. The minimum atomic E-state index is -4.88. The predicted molar refractivity (Wildman–Crippen MR) is 96.4 cm³/mol. The number of ether oxygens (including phenoxy) is 1. The first-order chi connectivity index (χ1) is 14.0. The van der Waals surface area contributed by atoms with Gasteiger partial charge in [0.1, 0.15) is 17.4 Å². The first kappa shape index (κ1) is 21.5. The molecule has 1 unspecified atom stereocenters. The molecule has 0 saturated carbocycles. The summed E-state index contributed by atoms with van der Waals surface area (Å²) in [6.45, 7) is -0.300. The van der Waals surface area contributed by atoms with Crippen molar-refractivity contribution in [2.75, 3.05) is 18.5 Å². The van der Waals surface area contributed by atoms with Crippen LogP contribution in [0.1, 0.15) is 12.0 Å². The van der Waals surface area contributed by atoms with Gasteiger partial charge in [0, 0.05) is 38.2 Å². The van der Waals surface area contributed by atoms with E-state index in [9.17, 15) is 31.5 Å². The predicted octanol–water partition coefficient (Wildman–Crippen LogP) is 3.87. The maximum atomic E-state index is 14.0. The van der Waals surface area contributed by atoms with Crippen molar-refractivity contribution < 1.29 is 36.3 Å². The monoisotopic (exact) mass is 428 g/mol. The number of alkyl halides is 3. The first-order valence-corrected chi connectivity index (χ1v) is 8.89. The molecule has 10 heteroatoms. The Hall–Kier alpha value is -3.17. The summed E-state index contributed by atoms with van der Waals surface area (Å²) in [4.78, 5) is 27.2. The Balaban J connectivity index is 1.71. The molecule has 1 aliphatic heterocycles. The molecule has 0 aromatic heterocycles. The van der Waals surface area contributed by atoms with Gasteiger partial charge in [-0.25, -0.2) is 8.78 Å². The third kappa shape index (κ3) is 4.87. The van der Waals surface area contributed by atoms with E-state index >= 15 is 0 Å². The molecule has 3 rings (SSSR count). The SMILES string of the molecule is CN(Cc1ccccc1OC(F)(F)F)C(=O)C1CC(=O)N(c2ccc(F)cc2F)C1. The second kappa shape index (κ2) is 8.29. The van der Waals surface area contributed by atoms with Gasteiger partial charge in [-0.1, -0.05) is 18.2 Å². The first-order valence-electron chi connectivity index (χ1n) is 8.89. The Labute approximate surface area is 168 Å². The van der Waals surface area contributed by atoms with Crippen LogP contribution in [-0.4, -0.2) is 36.7 Å². The van der Waals surface area contributed by atoms with Crippen molar-refractivity contribution in [3.05, 3.63) is 59.7 Å². The Morgan fingerprint density at radius 2 is 1.90 bits per heavy atom. The second-order valence-corrected chi connectivity index (χ2v) is 6.85. The lowest BCUT2D eigenvalue weighted by Gasteiger charge is -2.23. The molecule has 1 aliphatic rings. The van der Waals surface area contributed by atoms with Crippen LogP contribution in [0.25, 0.3) is 0 Å². The van der Waals surface area contributed by atoms with Crippen LogP contribution in [0.3, 0.4) is 0 Å². The van der Waals surface area contributed by atoms with Crippen LogP contribution in [0.2, 0.25) is 0 Å². The molecule has 160 valence electrons. The molecule has 1 heterocycles. The number of carbonyl (C=O) groups is 2. The molecular weight excluding hydrogens is 411 g/mol. The van der Waals surface area contributed by atoms with E-state index in [0.717, 1.165) is 23.1 Å². The van der Waals surface area contributed by atoms with Gasteiger partial charge in [-0.3, -0.25) is 9.59 Å². The largest absolute Gasteiger partial charge is 0.573 e. The van der Waals surface area contributed by atoms with E-state index < -0.39 is 41.5 Å². The van der Waals surface area contributed by atoms with E-state index in [1.54, 1.807) is 0 Å². The lowest BCUT2D eigenvalue weighted by atomic mass is 10.1. The standard InChI is InChI=1S/C20H17F5N2O3/c1-26(10-12-4-2-3-5-17(12)30-20(23,24)25)19(29)13-8-18(28)27(11-13)16-7-6-14(21)9-15(16)22/h2-7,9,13H,8,10-11H2,1H3. The van der Waals surface area contributed by atoms with Crippen molar-refractivity contribution in [3.63, 3.8) is 0 Å². The van der Waals surface area contributed by atoms with E-state index in [1.165, 1.54) is 30.1 Å². The maximum Gasteiger partial charge on any atom is 0.573 e. The number of rotatable bonds is 5. The lowest BCUT2D eigenvalue weighted by Crippen LogP contribution is -2.34. The smallest absolute Gasteiger partial charge is 0.405 e. The third-order valence-electron chi connectivity index (χ3n) is 4.66. The van der Waals surface area contributed by atoms with Gasteiger partial charge in [-0.15, -0.1) is 13.2 Å². The summed E-state index contributed by atoms with van der Waals surface area (Å²) in [7, 11) is 1.39. The van der Waals surface area contributed by atoms with Gasteiger partial charge in [-0.2, -0.15) is 0 Å². The van der Waals surface area contributed by atoms with E-state index in [1.807, 2.05) is 0 Å². The molecule has 5 nitrogen and oxygen atoms in total. The number of hydrogen-bond acceptors (Lipinski definition) is 3. The molecule has 2 aromatic carbocycles. The fourth-order valence-corrected chi connectivity index (χ4v) is 3.31. The summed E-state index contributed by atoms with van der Waals surface area (Å²) < 4.78 is 68.8. The number of anilines is 1. The number of hydrogen-bond donors (Lipinski definition) is 0. The summed E-state index contributed by atoms with van der Waals surface area (Å²) >= 11 is 0. The molecule has 1 fully saturated rings. The topological polar surface area (TPSA) is 49.9 Å². The van der Waals surface area contributed by atoms with Gasteiger partial charge in [0.05, 0.1) is 11.6 Å². The van der Waals surface area contributed by atoms with Crippen LogP contribution in [-0.2, 0) is 16.1 Å². The van der Waals surface area contributed by atoms with E-state index in [0.29, 0.717) is 6.07 Å². The van der Waals surface area contributed by atoms with Crippen LogP contribution in [0.15, 0.2) is 42.5 Å². The average molecular weight is 428 g/mol. The molecule has 0 bridgehead atoms. The number of benzene rings is 2. The molecule has 0 radical (unpaired) electrons. The second-order valence-electron chi connectivity index (χ2n) is 6.85. The van der Waals surface area contributed by atoms with Crippen LogP contribution in [0, 0.1) is 17.6 Å². The normalized spacial score (nSPS) is 16.7. The van der Waals surface area contributed by atoms with Crippen molar-refractivity contribution in [1.29, 1.82) is 0 Å². The van der Waals surface area contributed by atoms with E-state index in [4.69, 9.17) is 0 Å². The summed E-state index contributed by atoms with van der Waals surface area (Å²) in [6, 6.07) is 8.17. The fourth-order valence-electron chi connectivity index (χ4n) is 3.31. The fraction of sp³-hybridized carbons (Fsp3) is 0.300. The molecule has 0 aliphatic carbocycles. The molecule has 1 saturated heterocycles. The zero-order valence-electron chi connectivity index (χ0n) is 15.7. The quantitative estimate of drug-likeness (QED) is 0.680. The van der Waals surface area contributed by atoms with Crippen LogP contribution >= 0.6 is 0 Å². The van der Waals surface area contributed by atoms with Gasteiger partial charge in [-0.05, 0) is 18.2 Å². The van der Waals surface area contributed by atoms with Crippen molar-refractivity contribution in [2.24, 2.45) is 5.92 Å². The number of para-hydroxylation sites is 1. The van der Waals surface area contributed by atoms with Gasteiger partial charge in [0.2, 0.25) is 11.8 Å². The summed E-state index contributed by atoms with van der Waals surface area (Å²) in [5.41, 5.74) is -0.000269. The molecule has 2 amide bonds. The summed E-state index contributed by atoms with van der Waals surface area (Å²) in [5, 5.41) is 0. The molecule has 1 atom stereocenters. The van der Waals surface area contributed by atoms with Gasteiger partial charge >= 0.3 is 6.36 Å². The Morgan fingerprint density at radius 1 is 1.20 bits per heavy atom. The van der Waals surface area contributed by atoms with E-state index in [2.05, 4.69) is 4.74 Å². The van der Waals surface area contributed by atoms with Crippen molar-refractivity contribution in [2.45, 2.75) is 19.3 Å². The lowest BCUT2D eigenvalue weighted by molar-refractivity contribution is -0.275. The summed E-state index contributed by atoms with van der Waals surface area (Å²) in [5.74, 6) is -3.97. The van der Waals surface area contributed by atoms with Gasteiger partial charge in [0.25, 0.3) is 0 Å². The molecule has 2 aromatic rings. The molecule has 0 spiro atoms. The highest BCUT2D eigenvalue weighted by atomic mass is 19.4. The maximum absolute atomic E-state index is 14.0. The average Bonchev–Trinajstić information content (AvgIpc) is 3.03. The highest BCUT2D eigenvalue weighted by Crippen LogP contribution is 2.30. The van der Waals surface area contributed by atoms with Crippen molar-refractivity contribution in [1.82, 2.24) is 4.90 Å². The zero-order chi connectivity index (χ0) is 22.1. The molecule has 30 heavy (non-hydrogen) atoms. The summed E-state index contributed by atoms with van der Waals surface area (Å²) in [6.07, 6.45) is -5.07. The van der Waals surface area contributed by atoms with E-state index in [-0.39, 0.29) is 30.8 Å². The number of amides is 2. The van der Waals surface area contributed by atoms with Crippen molar-refractivity contribution >= 4 is 17.5 Å². The van der Waals surface area contributed by atoms with Gasteiger partial charge in [0.15, 0.2) is 0 Å². The molecular formula is C20H17F5N2O3. The molecule has 0 N–H and O–H groups in total. The van der Waals surface area contributed by atoms with Crippen molar-refractivity contribution in [3.8, 4) is 5.75 Å². The highest BCUT2D eigenvalue weighted by molar-refractivity contribution is 6.00. The Kier molecular flexibility index (Phi) is 5.95. The highest BCUT2D eigenvalue weighted by Gasteiger charge is 2.38. The van der Waals surface area contributed by atoms with Crippen LogP contribution in [0.5, 0.6) is 5.75 Å². The number of nitrogens with zero attached hydrogens (tertiary/aromatic N) is 2. The Bertz CT molecular complexity index is 964. The zero-order valence-corrected chi connectivity index (χ0v) is 15.7. The number of halogens is 5. The van der Waals surface area contributed by atoms with Crippen LogP contribution < -0.4 is 9.64 Å².